The summed E-state index contributed by atoms with van der Waals surface area (Å²) in [5.74, 6) is -1.69. The number of β-lactam (4-membered cyclic amide) rings is 1. The molecule has 0 bridgehead atoms. The zero-order chi connectivity index (χ0) is 17.4. The minimum Gasteiger partial charge on any atom is -0.488 e. The van der Waals surface area contributed by atoms with Gasteiger partial charge in [0, 0.05) is 5.56 Å². The van der Waals surface area contributed by atoms with E-state index in [4.69, 9.17) is 4.74 Å². The number of aliphatic carboxylic acids is 1. The van der Waals surface area contributed by atoms with Crippen molar-refractivity contribution in [1.29, 1.82) is 0 Å². The Morgan fingerprint density at radius 1 is 1.42 bits per heavy atom. The molecular formula is C16H15NO6S. The van der Waals surface area contributed by atoms with E-state index in [9.17, 15) is 24.6 Å². The van der Waals surface area contributed by atoms with E-state index in [1.165, 1.54) is 23.6 Å². The summed E-state index contributed by atoms with van der Waals surface area (Å²) >= 11 is 1.23. The first-order valence-corrected chi connectivity index (χ1v) is 8.14. The van der Waals surface area contributed by atoms with E-state index in [2.05, 4.69) is 0 Å². The summed E-state index contributed by atoms with van der Waals surface area (Å²) in [6.07, 6.45) is -0.119. The number of fused-ring (bicyclic) bond motifs is 1. The Kier molecular flexibility index (Phi) is 4.33. The van der Waals surface area contributed by atoms with Crippen LogP contribution in [0.25, 0.3) is 0 Å². The quantitative estimate of drug-likeness (QED) is 0.585. The van der Waals surface area contributed by atoms with Crippen LogP contribution in [0.3, 0.4) is 0 Å². The number of rotatable bonds is 6. The molecule has 1 aromatic carbocycles. The lowest BCUT2D eigenvalue weighted by Crippen LogP contribution is -2.60. The summed E-state index contributed by atoms with van der Waals surface area (Å²) in [6, 6.07) is 6.42. The summed E-state index contributed by atoms with van der Waals surface area (Å²) in [4.78, 5) is 35.8. The van der Waals surface area contributed by atoms with Gasteiger partial charge < -0.3 is 14.9 Å². The van der Waals surface area contributed by atoms with E-state index in [0.29, 0.717) is 22.5 Å². The lowest BCUT2D eigenvalue weighted by atomic mass is 9.92. The summed E-state index contributed by atoms with van der Waals surface area (Å²) in [7, 11) is 0. The van der Waals surface area contributed by atoms with Gasteiger partial charge in [0.1, 0.15) is 29.7 Å². The molecule has 2 N–H and O–H groups in total. The highest BCUT2D eigenvalue weighted by Crippen LogP contribution is 2.50. The molecule has 2 aliphatic heterocycles. The summed E-state index contributed by atoms with van der Waals surface area (Å²) in [5.41, 5.74) is 0.425. The number of thioether (sulfide) groups is 1. The first-order chi connectivity index (χ1) is 11.4. The maximum atomic E-state index is 12.1. The number of carbonyl (C=O) groups is 3. The molecule has 1 saturated heterocycles. The first kappa shape index (κ1) is 16.5. The molecule has 126 valence electrons. The normalized spacial score (nSPS) is 23.6. The Bertz CT molecular complexity index is 727. The molecule has 8 heteroatoms. The van der Waals surface area contributed by atoms with E-state index in [1.807, 2.05) is 0 Å². The van der Waals surface area contributed by atoms with Gasteiger partial charge in [-0.1, -0.05) is 11.8 Å². The van der Waals surface area contributed by atoms with Gasteiger partial charge >= 0.3 is 5.97 Å². The monoisotopic (exact) mass is 349 g/mol. The van der Waals surface area contributed by atoms with Crippen LogP contribution in [0.1, 0.15) is 17.3 Å². The van der Waals surface area contributed by atoms with Gasteiger partial charge in [0.05, 0.1) is 16.9 Å². The van der Waals surface area contributed by atoms with Gasteiger partial charge in [-0.3, -0.25) is 14.5 Å². The molecule has 3 atom stereocenters. The van der Waals surface area contributed by atoms with Crippen molar-refractivity contribution < 1.29 is 29.3 Å². The molecule has 1 amide bonds. The van der Waals surface area contributed by atoms with E-state index in [1.54, 1.807) is 24.3 Å². The van der Waals surface area contributed by atoms with Crippen molar-refractivity contribution in [2.24, 2.45) is 5.92 Å². The number of ether oxygens (including phenoxy) is 1. The predicted octanol–water partition coefficient (Wildman–Crippen LogP) is 1.09. The van der Waals surface area contributed by atoms with Gasteiger partial charge in [-0.2, -0.15) is 0 Å². The molecule has 24 heavy (non-hydrogen) atoms. The molecule has 3 rings (SSSR count). The second kappa shape index (κ2) is 6.29. The second-order valence-electron chi connectivity index (χ2n) is 5.54. The zero-order valence-corrected chi connectivity index (χ0v) is 13.5. The molecule has 0 spiro atoms. The SMILES string of the molecule is C[C@@H](O)[C@H]1C(=O)N2C(C(=O)O)=C(COc3ccc(C=O)cc3)S[C@H]12. The lowest BCUT2D eigenvalue weighted by Gasteiger charge is -2.43. The first-order valence-electron chi connectivity index (χ1n) is 7.26. The second-order valence-corrected chi connectivity index (χ2v) is 6.75. The van der Waals surface area contributed by atoms with Crippen molar-refractivity contribution in [3.05, 3.63) is 40.4 Å². The van der Waals surface area contributed by atoms with Gasteiger partial charge in [0.25, 0.3) is 0 Å². The van der Waals surface area contributed by atoms with Crippen LogP contribution in [0.2, 0.25) is 0 Å². The number of carboxylic acids is 1. The number of amides is 1. The zero-order valence-electron chi connectivity index (χ0n) is 12.7. The lowest BCUT2D eigenvalue weighted by molar-refractivity contribution is -0.156. The molecule has 2 heterocycles. The number of carbonyl (C=O) groups excluding carboxylic acids is 2. The highest BCUT2D eigenvalue weighted by molar-refractivity contribution is 8.04. The molecule has 0 aromatic heterocycles. The third kappa shape index (κ3) is 2.67. The number of nitrogens with zero attached hydrogens (tertiary/aromatic N) is 1. The summed E-state index contributed by atoms with van der Waals surface area (Å²) in [6.45, 7) is 1.52. The van der Waals surface area contributed by atoms with Crippen LogP contribution in [0.4, 0.5) is 0 Å². The maximum absolute atomic E-state index is 12.1. The van der Waals surface area contributed by atoms with Gasteiger partial charge in [0.15, 0.2) is 0 Å². The van der Waals surface area contributed by atoms with Gasteiger partial charge in [-0.25, -0.2) is 4.79 Å². The van der Waals surface area contributed by atoms with Crippen molar-refractivity contribution in [2.75, 3.05) is 6.61 Å². The van der Waals surface area contributed by atoms with Crippen LogP contribution >= 0.6 is 11.8 Å². The molecule has 0 saturated carbocycles. The fourth-order valence-electron chi connectivity index (χ4n) is 2.75. The van der Waals surface area contributed by atoms with Crippen LogP contribution in [0.5, 0.6) is 5.75 Å². The maximum Gasteiger partial charge on any atom is 0.353 e. The van der Waals surface area contributed by atoms with E-state index >= 15 is 0 Å². The number of benzene rings is 1. The fraction of sp³-hybridized carbons (Fsp3) is 0.312. The van der Waals surface area contributed by atoms with Crippen LogP contribution in [-0.2, 0) is 9.59 Å². The number of hydrogen-bond acceptors (Lipinski definition) is 6. The van der Waals surface area contributed by atoms with Crippen molar-refractivity contribution >= 4 is 29.9 Å². The Morgan fingerprint density at radius 2 is 2.08 bits per heavy atom. The molecule has 0 radical (unpaired) electrons. The van der Waals surface area contributed by atoms with Crippen LogP contribution in [0, 0.1) is 5.92 Å². The number of hydrogen-bond donors (Lipinski definition) is 2. The molecule has 1 aromatic rings. The number of carboxylic acid groups (broad SMARTS) is 1. The van der Waals surface area contributed by atoms with E-state index in [-0.39, 0.29) is 18.2 Å². The topological polar surface area (TPSA) is 104 Å². The Hall–Kier alpha value is -2.32. The molecule has 2 aliphatic rings. The van der Waals surface area contributed by atoms with Gasteiger partial charge in [-0.15, -0.1) is 0 Å². The number of aliphatic hydroxyl groups excluding tert-OH is 1. The summed E-state index contributed by atoms with van der Waals surface area (Å²) < 4.78 is 5.57. The van der Waals surface area contributed by atoms with E-state index in [0.717, 1.165) is 0 Å². The molecular weight excluding hydrogens is 334 g/mol. The largest absolute Gasteiger partial charge is 0.488 e. The minimum absolute atomic E-state index is 0.000451. The van der Waals surface area contributed by atoms with Crippen molar-refractivity contribution in [3.63, 3.8) is 0 Å². The average molecular weight is 349 g/mol. The summed E-state index contributed by atoms with van der Waals surface area (Å²) in [5, 5.41) is 18.7. The molecule has 0 unspecified atom stereocenters. The van der Waals surface area contributed by atoms with Crippen LogP contribution in [-0.4, -0.2) is 51.4 Å². The minimum atomic E-state index is -1.20. The molecule has 7 nitrogen and oxygen atoms in total. The third-order valence-electron chi connectivity index (χ3n) is 3.96. The van der Waals surface area contributed by atoms with Crippen molar-refractivity contribution in [1.82, 2.24) is 4.90 Å². The van der Waals surface area contributed by atoms with Gasteiger partial charge in [0.2, 0.25) is 5.91 Å². The smallest absolute Gasteiger partial charge is 0.353 e. The van der Waals surface area contributed by atoms with Crippen LogP contribution in [0.15, 0.2) is 34.9 Å². The fourth-order valence-corrected chi connectivity index (χ4v) is 4.27. The Balaban J connectivity index is 1.75. The molecule has 1 fully saturated rings. The van der Waals surface area contributed by atoms with Crippen molar-refractivity contribution in [2.45, 2.75) is 18.4 Å². The number of aldehydes is 1. The predicted molar refractivity (Wildman–Crippen MR) is 85.4 cm³/mol. The van der Waals surface area contributed by atoms with Crippen molar-refractivity contribution in [3.8, 4) is 5.75 Å². The highest BCUT2D eigenvalue weighted by atomic mass is 32.2. The van der Waals surface area contributed by atoms with Crippen LogP contribution < -0.4 is 4.74 Å². The average Bonchev–Trinajstić information content (AvgIpc) is 2.87. The molecule has 0 aliphatic carbocycles. The highest BCUT2D eigenvalue weighted by Gasteiger charge is 2.57. The Labute approximate surface area is 141 Å². The number of aliphatic hydroxyl groups is 1. The third-order valence-corrected chi connectivity index (χ3v) is 5.30. The van der Waals surface area contributed by atoms with E-state index < -0.39 is 23.4 Å². The Morgan fingerprint density at radius 3 is 2.62 bits per heavy atom. The van der Waals surface area contributed by atoms with Gasteiger partial charge in [-0.05, 0) is 31.2 Å². The standard InChI is InChI=1S/C16H15NO6S/c1-8(19)12-14(20)17-13(16(21)22)11(24-15(12)17)7-23-10-4-2-9(6-18)3-5-10/h2-6,8,12,15,19H,7H2,1H3,(H,21,22)/t8-,12+,15-/m1/s1.